The predicted molar refractivity (Wildman–Crippen MR) is 90.1 cm³/mol. The molecule has 7 nitrogen and oxygen atoms in total. The van der Waals surface area contributed by atoms with Crippen LogP contribution >= 0.6 is 18.1 Å². The molecule has 0 spiro atoms. The molecule has 9 heteroatoms. The van der Waals surface area contributed by atoms with E-state index in [-0.39, 0.29) is 24.7 Å². The number of hydrogen-bond acceptors (Lipinski definition) is 6. The van der Waals surface area contributed by atoms with E-state index in [1.54, 1.807) is 31.2 Å². The number of ether oxygens (including phenoxy) is 2. The van der Waals surface area contributed by atoms with Crippen molar-refractivity contribution in [2.75, 3.05) is 13.7 Å². The minimum absolute atomic E-state index is 0.149. The van der Waals surface area contributed by atoms with Gasteiger partial charge in [0.1, 0.15) is 11.8 Å². The first kappa shape index (κ1) is 20.5. The third-order valence-electron chi connectivity index (χ3n) is 3.00. The average Bonchev–Trinajstić information content (AvgIpc) is 2.53. The molecule has 1 rings (SSSR count). The minimum atomic E-state index is -3.82. The summed E-state index contributed by atoms with van der Waals surface area (Å²) in [6.07, 6.45) is 0.489. The zero-order chi connectivity index (χ0) is 18.2. The molecule has 0 heterocycles. The Balaban J connectivity index is 2.78. The van der Waals surface area contributed by atoms with Crippen LogP contribution in [0.15, 0.2) is 24.3 Å². The molecule has 0 aliphatic carbocycles. The summed E-state index contributed by atoms with van der Waals surface area (Å²) in [6, 6.07) is 5.86. The maximum absolute atomic E-state index is 12.4. The summed E-state index contributed by atoms with van der Waals surface area (Å²) in [6.45, 7) is -0.484. The van der Waals surface area contributed by atoms with Gasteiger partial charge in [0.15, 0.2) is 0 Å². The van der Waals surface area contributed by atoms with Crippen LogP contribution in [-0.4, -0.2) is 31.7 Å². The van der Waals surface area contributed by atoms with E-state index >= 15 is 0 Å². The number of nitrogens with one attached hydrogen (secondary N) is 1. The maximum atomic E-state index is 12.4. The highest BCUT2D eigenvalue weighted by Gasteiger charge is 2.28. The van der Waals surface area contributed by atoms with Crippen molar-refractivity contribution in [2.24, 2.45) is 0 Å². The highest BCUT2D eigenvalue weighted by molar-refractivity contribution is 7.84. The summed E-state index contributed by atoms with van der Waals surface area (Å²) in [5, 5.41) is 2.43. The first-order chi connectivity index (χ1) is 11.3. The summed E-state index contributed by atoms with van der Waals surface area (Å²) in [5.41, 5.74) is 0.648. The molecule has 134 valence electrons. The summed E-state index contributed by atoms with van der Waals surface area (Å²) >= 11 is 5.89. The van der Waals surface area contributed by atoms with Crippen LogP contribution in [0.1, 0.15) is 25.8 Å². The van der Waals surface area contributed by atoms with Gasteiger partial charge < -0.3 is 14.0 Å². The molecule has 0 aliphatic rings. The van der Waals surface area contributed by atoms with E-state index in [0.717, 1.165) is 0 Å². The number of rotatable bonds is 9. The number of halogens is 1. The van der Waals surface area contributed by atoms with E-state index in [0.29, 0.717) is 12.0 Å². The van der Waals surface area contributed by atoms with E-state index in [2.05, 4.69) is 9.82 Å². The number of benzene rings is 1. The van der Waals surface area contributed by atoms with Crippen molar-refractivity contribution < 1.29 is 28.2 Å². The summed E-state index contributed by atoms with van der Waals surface area (Å²) in [5.74, 6) is -0.683. The van der Waals surface area contributed by atoms with Gasteiger partial charge in [0.2, 0.25) is 0 Å². The van der Waals surface area contributed by atoms with E-state index in [1.165, 1.54) is 14.0 Å². The molecule has 1 N–H and O–H groups in total. The van der Waals surface area contributed by atoms with E-state index < -0.39 is 18.9 Å². The largest absolute Gasteiger partial charge is 0.469 e. The van der Waals surface area contributed by atoms with Crippen LogP contribution in [0.25, 0.3) is 0 Å². The molecule has 0 amide bonds. The van der Waals surface area contributed by atoms with Crippen molar-refractivity contribution in [1.29, 1.82) is 0 Å². The lowest BCUT2D eigenvalue weighted by molar-refractivity contribution is -0.144. The molecule has 1 aromatic carbocycles. The van der Waals surface area contributed by atoms with Gasteiger partial charge in [-0.15, -0.1) is 0 Å². The Morgan fingerprint density at radius 3 is 2.62 bits per heavy atom. The number of esters is 2. The highest BCUT2D eigenvalue weighted by atomic mass is 35.7. The van der Waals surface area contributed by atoms with Crippen molar-refractivity contribution in [2.45, 2.75) is 32.7 Å². The molecule has 0 aromatic heterocycles. The van der Waals surface area contributed by atoms with Gasteiger partial charge in [-0.05, 0) is 31.9 Å². The molecule has 1 aromatic rings. The third-order valence-corrected chi connectivity index (χ3v) is 4.63. The predicted octanol–water partition coefficient (Wildman–Crippen LogP) is 3.06. The number of methoxy groups -OCH3 is 1. The first-order valence-electron chi connectivity index (χ1n) is 7.37. The van der Waals surface area contributed by atoms with Gasteiger partial charge in [-0.3, -0.25) is 9.59 Å². The number of carbonyl (C=O) groups is 2. The topological polar surface area (TPSA) is 90.9 Å². The van der Waals surface area contributed by atoms with Crippen LogP contribution in [0.5, 0.6) is 5.75 Å². The Bertz CT molecular complexity index is 624. The fourth-order valence-electron chi connectivity index (χ4n) is 1.84. The molecule has 0 bridgehead atoms. The second-order valence-corrected chi connectivity index (χ2v) is 7.59. The smallest absolute Gasteiger partial charge is 0.409 e. The average molecular weight is 378 g/mol. The van der Waals surface area contributed by atoms with Gasteiger partial charge in [-0.25, -0.2) is 9.65 Å². The Labute approximate surface area is 145 Å². The lowest BCUT2D eigenvalue weighted by Crippen LogP contribution is -2.33. The van der Waals surface area contributed by atoms with Crippen LogP contribution in [0.4, 0.5) is 0 Å². The zero-order valence-electron chi connectivity index (χ0n) is 13.8. The SMILES string of the molecule is CCOC(=O)[C@H](C)NP(=O)(Cl)Oc1ccccc1CCC(=O)OC. The molecule has 0 fully saturated rings. The number of para-hydroxylation sites is 1. The molecule has 1 unspecified atom stereocenters. The number of carbonyl (C=O) groups excluding carboxylic acids is 2. The van der Waals surface area contributed by atoms with Crippen LogP contribution in [0.2, 0.25) is 0 Å². The van der Waals surface area contributed by atoms with Crippen molar-refractivity contribution >= 4 is 30.1 Å². The van der Waals surface area contributed by atoms with Crippen molar-refractivity contribution in [3.05, 3.63) is 29.8 Å². The molecular weight excluding hydrogens is 357 g/mol. The first-order valence-corrected chi connectivity index (χ1v) is 9.90. The molecule has 2 atom stereocenters. The second-order valence-electron chi connectivity index (χ2n) is 4.86. The molecular formula is C15H21ClNO6P. The van der Waals surface area contributed by atoms with Crippen molar-refractivity contribution in [3.8, 4) is 5.75 Å². The summed E-state index contributed by atoms with van der Waals surface area (Å²) in [4.78, 5) is 22.8. The fourth-order valence-corrected chi connectivity index (χ4v) is 3.56. The standard InChI is InChI=1S/C15H21ClNO6P/c1-4-22-15(19)11(2)17-24(16,20)23-13-8-6-5-7-12(13)9-10-14(18)21-3/h5-8,11H,4,9-10H2,1-3H3,(H,17,20)/t11-,24?/m0/s1. The van der Waals surface area contributed by atoms with Gasteiger partial charge in [0.25, 0.3) is 0 Å². The van der Waals surface area contributed by atoms with E-state index in [1.807, 2.05) is 0 Å². The van der Waals surface area contributed by atoms with Crippen LogP contribution in [0.3, 0.4) is 0 Å². The van der Waals surface area contributed by atoms with E-state index in [4.69, 9.17) is 20.5 Å². The van der Waals surface area contributed by atoms with Crippen molar-refractivity contribution in [1.82, 2.24) is 5.09 Å². The monoisotopic (exact) mass is 377 g/mol. The molecule has 0 radical (unpaired) electrons. The normalized spacial score (nSPS) is 14.3. The highest BCUT2D eigenvalue weighted by Crippen LogP contribution is 2.49. The Kier molecular flexibility index (Phi) is 8.25. The number of hydrogen-bond donors (Lipinski definition) is 1. The fraction of sp³-hybridized carbons (Fsp3) is 0.467. The summed E-state index contributed by atoms with van der Waals surface area (Å²) < 4.78 is 27.1. The maximum Gasteiger partial charge on any atom is 0.409 e. The van der Waals surface area contributed by atoms with Gasteiger partial charge >= 0.3 is 18.8 Å². The molecule has 24 heavy (non-hydrogen) atoms. The van der Waals surface area contributed by atoms with Crippen LogP contribution in [-0.2, 0) is 30.0 Å². The Morgan fingerprint density at radius 1 is 1.33 bits per heavy atom. The number of aryl methyl sites for hydroxylation is 1. The van der Waals surface area contributed by atoms with Crippen molar-refractivity contribution in [3.63, 3.8) is 0 Å². The van der Waals surface area contributed by atoms with Crippen LogP contribution < -0.4 is 9.61 Å². The van der Waals surface area contributed by atoms with Crippen LogP contribution in [0, 0.1) is 0 Å². The Hall–Kier alpha value is -1.56. The summed E-state index contributed by atoms with van der Waals surface area (Å²) in [7, 11) is 1.30. The van der Waals surface area contributed by atoms with Gasteiger partial charge in [0.05, 0.1) is 13.7 Å². The van der Waals surface area contributed by atoms with Gasteiger partial charge in [-0.1, -0.05) is 18.2 Å². The molecule has 0 saturated heterocycles. The van der Waals surface area contributed by atoms with E-state index in [9.17, 15) is 14.2 Å². The zero-order valence-corrected chi connectivity index (χ0v) is 15.4. The lowest BCUT2D eigenvalue weighted by atomic mass is 10.1. The minimum Gasteiger partial charge on any atom is -0.469 e. The quantitative estimate of drug-likeness (QED) is 0.522. The second kappa shape index (κ2) is 9.67. The van der Waals surface area contributed by atoms with Gasteiger partial charge in [0, 0.05) is 17.7 Å². The molecule has 0 saturated carbocycles. The van der Waals surface area contributed by atoms with Gasteiger partial charge in [-0.2, -0.15) is 0 Å². The lowest BCUT2D eigenvalue weighted by Gasteiger charge is -2.19. The molecule has 0 aliphatic heterocycles. The Morgan fingerprint density at radius 2 is 2.00 bits per heavy atom. The third kappa shape index (κ3) is 6.91.